The largest absolute Gasteiger partial charge is 0.383 e. The van der Waals surface area contributed by atoms with Crippen LogP contribution in [0.2, 0.25) is 0 Å². The number of nitrogens with zero attached hydrogens (tertiary/aromatic N) is 1. The van der Waals surface area contributed by atoms with Gasteiger partial charge in [0.25, 0.3) is 0 Å². The first-order valence-electron chi connectivity index (χ1n) is 7.06. The van der Waals surface area contributed by atoms with Gasteiger partial charge in [-0.05, 0) is 31.0 Å². The number of carbonyl (C=O) groups is 2. The van der Waals surface area contributed by atoms with Gasteiger partial charge in [0.2, 0.25) is 11.8 Å². The van der Waals surface area contributed by atoms with Crippen LogP contribution in [0.3, 0.4) is 0 Å². The van der Waals surface area contributed by atoms with Gasteiger partial charge in [0, 0.05) is 39.2 Å². The average molecular weight is 292 g/mol. The van der Waals surface area contributed by atoms with Crippen molar-refractivity contribution in [1.29, 1.82) is 0 Å². The summed E-state index contributed by atoms with van der Waals surface area (Å²) in [5.41, 5.74) is 3.03. The van der Waals surface area contributed by atoms with Crippen molar-refractivity contribution < 1.29 is 14.3 Å². The summed E-state index contributed by atoms with van der Waals surface area (Å²) in [6, 6.07) is 5.81. The molecule has 1 rings (SSSR count). The number of hydrogen-bond donors (Lipinski definition) is 1. The molecule has 0 saturated heterocycles. The van der Waals surface area contributed by atoms with Crippen LogP contribution in [0, 0.1) is 13.8 Å². The number of nitrogens with one attached hydrogen (secondary N) is 1. The molecule has 0 radical (unpaired) electrons. The molecule has 1 aromatic carbocycles. The van der Waals surface area contributed by atoms with Crippen molar-refractivity contribution in [2.24, 2.45) is 0 Å². The van der Waals surface area contributed by atoms with Crippen molar-refractivity contribution >= 4 is 17.5 Å². The summed E-state index contributed by atoms with van der Waals surface area (Å²) in [4.78, 5) is 25.1. The van der Waals surface area contributed by atoms with Gasteiger partial charge in [0.1, 0.15) is 0 Å². The molecule has 1 aromatic rings. The molecule has 5 nitrogen and oxygen atoms in total. The summed E-state index contributed by atoms with van der Waals surface area (Å²) in [6.07, 6.45) is 0.274. The third-order valence-electron chi connectivity index (χ3n) is 3.50. The predicted octanol–water partition coefficient (Wildman–Crippen LogP) is 2.13. The Morgan fingerprint density at radius 1 is 1.24 bits per heavy atom. The second kappa shape index (κ2) is 8.42. The van der Waals surface area contributed by atoms with Crippen molar-refractivity contribution in [3.8, 4) is 0 Å². The first-order valence-corrected chi connectivity index (χ1v) is 7.06. The highest BCUT2D eigenvalue weighted by atomic mass is 16.5. The topological polar surface area (TPSA) is 58.6 Å². The van der Waals surface area contributed by atoms with E-state index < -0.39 is 0 Å². The van der Waals surface area contributed by atoms with Crippen molar-refractivity contribution in [3.05, 3.63) is 29.3 Å². The van der Waals surface area contributed by atoms with Crippen LogP contribution in [0.4, 0.5) is 5.69 Å². The van der Waals surface area contributed by atoms with E-state index in [1.807, 2.05) is 32.0 Å². The molecule has 2 amide bonds. The molecule has 21 heavy (non-hydrogen) atoms. The first kappa shape index (κ1) is 17.2. The van der Waals surface area contributed by atoms with E-state index in [0.717, 1.165) is 16.8 Å². The van der Waals surface area contributed by atoms with Crippen molar-refractivity contribution in [1.82, 2.24) is 4.90 Å². The van der Waals surface area contributed by atoms with E-state index in [0.29, 0.717) is 19.7 Å². The zero-order valence-corrected chi connectivity index (χ0v) is 13.2. The van der Waals surface area contributed by atoms with E-state index >= 15 is 0 Å². The number of aryl methyl sites for hydroxylation is 1. The van der Waals surface area contributed by atoms with E-state index in [4.69, 9.17) is 4.74 Å². The third kappa shape index (κ3) is 5.55. The predicted molar refractivity (Wildman–Crippen MR) is 83.3 cm³/mol. The second-order valence-corrected chi connectivity index (χ2v) is 5.04. The number of anilines is 1. The van der Waals surface area contributed by atoms with Gasteiger partial charge >= 0.3 is 0 Å². The van der Waals surface area contributed by atoms with Crippen LogP contribution < -0.4 is 5.32 Å². The molecule has 0 aliphatic rings. The van der Waals surface area contributed by atoms with E-state index in [9.17, 15) is 9.59 Å². The Bertz CT molecular complexity index is 500. The fourth-order valence-electron chi connectivity index (χ4n) is 1.96. The fraction of sp³-hybridized carbons (Fsp3) is 0.500. The van der Waals surface area contributed by atoms with Crippen LogP contribution in [0.15, 0.2) is 18.2 Å². The zero-order chi connectivity index (χ0) is 15.8. The molecule has 0 unspecified atom stereocenters. The summed E-state index contributed by atoms with van der Waals surface area (Å²) in [5.74, 6) is -0.140. The smallest absolute Gasteiger partial charge is 0.226 e. The molecule has 0 aliphatic carbocycles. The summed E-state index contributed by atoms with van der Waals surface area (Å²) in [7, 11) is 1.59. The lowest BCUT2D eigenvalue weighted by molar-refractivity contribution is -0.130. The van der Waals surface area contributed by atoms with Crippen LogP contribution >= 0.6 is 0 Å². The molecular weight excluding hydrogens is 268 g/mol. The quantitative estimate of drug-likeness (QED) is 0.837. The van der Waals surface area contributed by atoms with E-state index in [1.54, 1.807) is 12.0 Å². The maximum atomic E-state index is 12.0. The standard InChI is InChI=1S/C16H24N2O3/c1-12-6-5-7-15(13(12)2)17-16(20)8-9-18(14(3)19)10-11-21-4/h5-7H,8-11H2,1-4H3,(H,17,20). The van der Waals surface area contributed by atoms with Crippen LogP contribution in [-0.4, -0.2) is 43.5 Å². The Morgan fingerprint density at radius 3 is 2.57 bits per heavy atom. The molecule has 0 atom stereocenters. The zero-order valence-electron chi connectivity index (χ0n) is 13.2. The highest BCUT2D eigenvalue weighted by Gasteiger charge is 2.11. The summed E-state index contributed by atoms with van der Waals surface area (Å²) >= 11 is 0. The molecule has 5 heteroatoms. The number of rotatable bonds is 7. The Morgan fingerprint density at radius 2 is 1.95 bits per heavy atom. The number of amides is 2. The lowest BCUT2D eigenvalue weighted by Gasteiger charge is -2.20. The SMILES string of the molecule is COCCN(CCC(=O)Nc1cccc(C)c1C)C(C)=O. The number of carbonyl (C=O) groups excluding carboxylic acids is 2. The Kier molecular flexibility index (Phi) is 6.88. The van der Waals surface area contributed by atoms with Gasteiger partial charge in [-0.1, -0.05) is 12.1 Å². The monoisotopic (exact) mass is 292 g/mol. The third-order valence-corrected chi connectivity index (χ3v) is 3.50. The fourth-order valence-corrected chi connectivity index (χ4v) is 1.96. The second-order valence-electron chi connectivity index (χ2n) is 5.04. The summed E-state index contributed by atoms with van der Waals surface area (Å²) in [5, 5.41) is 2.89. The van der Waals surface area contributed by atoms with Crippen molar-refractivity contribution in [2.75, 3.05) is 32.1 Å². The summed E-state index contributed by atoms with van der Waals surface area (Å²) < 4.78 is 4.96. The maximum Gasteiger partial charge on any atom is 0.226 e. The number of hydrogen-bond acceptors (Lipinski definition) is 3. The van der Waals surface area contributed by atoms with Gasteiger partial charge in [0.05, 0.1) is 6.61 Å². The molecule has 0 aromatic heterocycles. The van der Waals surface area contributed by atoms with Gasteiger partial charge in [-0.25, -0.2) is 0 Å². The van der Waals surface area contributed by atoms with Gasteiger partial charge in [-0.3, -0.25) is 9.59 Å². The molecule has 0 fully saturated rings. The minimum Gasteiger partial charge on any atom is -0.383 e. The van der Waals surface area contributed by atoms with Gasteiger partial charge in [-0.15, -0.1) is 0 Å². The molecular formula is C16H24N2O3. The number of methoxy groups -OCH3 is 1. The first-order chi connectivity index (χ1) is 9.95. The Labute approximate surface area is 126 Å². The minimum absolute atomic E-state index is 0.0495. The minimum atomic E-state index is -0.0904. The lowest BCUT2D eigenvalue weighted by atomic mass is 10.1. The van der Waals surface area contributed by atoms with Crippen LogP contribution in [0.5, 0.6) is 0 Å². The molecule has 0 bridgehead atoms. The van der Waals surface area contributed by atoms with Gasteiger partial charge < -0.3 is 15.0 Å². The molecule has 116 valence electrons. The maximum absolute atomic E-state index is 12.0. The molecule has 0 saturated carbocycles. The normalized spacial score (nSPS) is 10.3. The molecule has 0 spiro atoms. The Hall–Kier alpha value is -1.88. The molecule has 1 N–H and O–H groups in total. The van der Waals surface area contributed by atoms with Crippen LogP contribution in [0.25, 0.3) is 0 Å². The van der Waals surface area contributed by atoms with Crippen LogP contribution in [-0.2, 0) is 14.3 Å². The van der Waals surface area contributed by atoms with Crippen molar-refractivity contribution in [2.45, 2.75) is 27.2 Å². The Balaban J connectivity index is 2.53. The summed E-state index contributed by atoms with van der Waals surface area (Å²) in [6.45, 7) is 6.85. The van der Waals surface area contributed by atoms with E-state index in [2.05, 4.69) is 5.32 Å². The average Bonchev–Trinajstić information content (AvgIpc) is 2.43. The lowest BCUT2D eigenvalue weighted by Crippen LogP contribution is -2.34. The highest BCUT2D eigenvalue weighted by molar-refractivity contribution is 5.92. The van der Waals surface area contributed by atoms with E-state index in [1.165, 1.54) is 6.92 Å². The molecule has 0 aliphatic heterocycles. The van der Waals surface area contributed by atoms with Crippen LogP contribution in [0.1, 0.15) is 24.5 Å². The molecule has 0 heterocycles. The number of benzene rings is 1. The highest BCUT2D eigenvalue weighted by Crippen LogP contribution is 2.18. The van der Waals surface area contributed by atoms with E-state index in [-0.39, 0.29) is 18.2 Å². The number of ether oxygens (including phenoxy) is 1. The van der Waals surface area contributed by atoms with Gasteiger partial charge in [0.15, 0.2) is 0 Å². The van der Waals surface area contributed by atoms with Crippen molar-refractivity contribution in [3.63, 3.8) is 0 Å². The van der Waals surface area contributed by atoms with Gasteiger partial charge in [-0.2, -0.15) is 0 Å².